The molecule has 0 bridgehead atoms. The fraction of sp³-hybridized carbons (Fsp3) is 0.281. The maximum Gasteiger partial charge on any atom is 0.407 e. The molecule has 1 amide bonds. The average molecular weight is 560 g/mol. The summed E-state index contributed by atoms with van der Waals surface area (Å²) in [5.41, 5.74) is 3.91. The van der Waals surface area contributed by atoms with Crippen molar-refractivity contribution in [3.05, 3.63) is 89.2 Å². The van der Waals surface area contributed by atoms with Gasteiger partial charge in [-0.2, -0.15) is 0 Å². The Labute approximate surface area is 238 Å². The van der Waals surface area contributed by atoms with Gasteiger partial charge in [-0.1, -0.05) is 36.4 Å². The van der Waals surface area contributed by atoms with Gasteiger partial charge in [-0.15, -0.1) is 0 Å². The van der Waals surface area contributed by atoms with E-state index in [1.54, 1.807) is 45.0 Å². The number of nitrogens with one attached hydrogen (secondary N) is 1. The van der Waals surface area contributed by atoms with E-state index in [0.717, 1.165) is 27.6 Å². The maximum absolute atomic E-state index is 12.2. The number of carboxylic acids is 1. The van der Waals surface area contributed by atoms with Crippen LogP contribution < -0.4 is 10.1 Å². The first kappa shape index (κ1) is 29.2. The third-order valence-corrected chi connectivity index (χ3v) is 5.93. The molecule has 4 rings (SSSR count). The van der Waals surface area contributed by atoms with Gasteiger partial charge >= 0.3 is 18.0 Å². The molecule has 9 nitrogen and oxygen atoms in total. The fourth-order valence-electron chi connectivity index (χ4n) is 4.26. The van der Waals surface area contributed by atoms with Gasteiger partial charge in [-0.25, -0.2) is 4.79 Å². The second-order valence-electron chi connectivity index (χ2n) is 10.6. The van der Waals surface area contributed by atoms with Crippen molar-refractivity contribution in [1.29, 1.82) is 0 Å². The number of carbonyl (C=O) groups is 3. The Bertz CT molecular complexity index is 1560. The zero-order valence-corrected chi connectivity index (χ0v) is 23.5. The van der Waals surface area contributed by atoms with Crippen molar-refractivity contribution in [3.8, 4) is 16.9 Å². The number of ether oxygens (including phenoxy) is 3. The van der Waals surface area contributed by atoms with E-state index in [0.29, 0.717) is 22.7 Å². The van der Waals surface area contributed by atoms with Crippen LogP contribution in [0.4, 0.5) is 4.79 Å². The summed E-state index contributed by atoms with van der Waals surface area (Å²) in [6.07, 6.45) is -0.653. The number of carboxylic acid groups (broad SMARTS) is 1. The lowest BCUT2D eigenvalue weighted by atomic mass is 9.99. The molecule has 0 aliphatic carbocycles. The van der Waals surface area contributed by atoms with Gasteiger partial charge in [0.1, 0.15) is 35.9 Å². The van der Waals surface area contributed by atoms with E-state index < -0.39 is 23.6 Å². The van der Waals surface area contributed by atoms with Crippen LogP contribution in [-0.2, 0) is 45.2 Å². The van der Waals surface area contributed by atoms with E-state index >= 15 is 0 Å². The molecule has 9 heteroatoms. The van der Waals surface area contributed by atoms with Gasteiger partial charge in [0.25, 0.3) is 0 Å². The quantitative estimate of drug-likeness (QED) is 0.214. The van der Waals surface area contributed by atoms with Crippen molar-refractivity contribution in [3.63, 3.8) is 0 Å². The molecule has 0 radical (unpaired) electrons. The lowest BCUT2D eigenvalue weighted by Crippen LogP contribution is -2.32. The van der Waals surface area contributed by atoms with Crippen molar-refractivity contribution >= 4 is 29.0 Å². The molecule has 4 aromatic rings. The zero-order valence-electron chi connectivity index (χ0n) is 23.5. The number of esters is 1. The second-order valence-corrected chi connectivity index (χ2v) is 10.6. The molecule has 0 saturated heterocycles. The Morgan fingerprint density at radius 1 is 0.927 bits per heavy atom. The summed E-state index contributed by atoms with van der Waals surface area (Å²) in [7, 11) is 0. The summed E-state index contributed by atoms with van der Waals surface area (Å²) in [5, 5.41) is 12.8. The minimum absolute atomic E-state index is 0.00228. The molecule has 2 N–H and O–H groups in total. The van der Waals surface area contributed by atoms with Crippen molar-refractivity contribution in [1.82, 2.24) is 5.32 Å². The fourth-order valence-corrected chi connectivity index (χ4v) is 4.26. The van der Waals surface area contributed by atoms with E-state index in [9.17, 15) is 19.5 Å². The molecule has 3 aromatic carbocycles. The van der Waals surface area contributed by atoms with Crippen LogP contribution in [0.5, 0.6) is 5.75 Å². The van der Waals surface area contributed by atoms with Gasteiger partial charge in [-0.3, -0.25) is 9.59 Å². The van der Waals surface area contributed by atoms with E-state index in [1.807, 2.05) is 42.5 Å². The lowest BCUT2D eigenvalue weighted by molar-refractivity contribution is -0.142. The van der Waals surface area contributed by atoms with Crippen LogP contribution >= 0.6 is 0 Å². The Morgan fingerprint density at radius 3 is 2.44 bits per heavy atom. The zero-order chi connectivity index (χ0) is 29.6. The monoisotopic (exact) mass is 559 g/mol. The molecule has 1 aromatic heterocycles. The number of benzene rings is 3. The summed E-state index contributed by atoms with van der Waals surface area (Å²) < 4.78 is 22.6. The molecule has 0 saturated carbocycles. The molecular formula is C32H33NO8. The molecule has 0 aliphatic rings. The Morgan fingerprint density at radius 2 is 1.71 bits per heavy atom. The third-order valence-electron chi connectivity index (χ3n) is 5.93. The number of furan rings is 1. The molecule has 214 valence electrons. The molecule has 0 aliphatic heterocycles. The number of para-hydroxylation sites is 1. The smallest absolute Gasteiger partial charge is 0.407 e. The van der Waals surface area contributed by atoms with Gasteiger partial charge in [0, 0.05) is 30.0 Å². The Balaban J connectivity index is 1.65. The molecular weight excluding hydrogens is 526 g/mol. The first-order valence-corrected chi connectivity index (χ1v) is 13.1. The van der Waals surface area contributed by atoms with Crippen LogP contribution in [0.15, 0.2) is 71.1 Å². The molecule has 0 atom stereocenters. The molecule has 41 heavy (non-hydrogen) atoms. The summed E-state index contributed by atoms with van der Waals surface area (Å²) in [6, 6.07) is 20.4. The average Bonchev–Trinajstić information content (AvgIpc) is 3.32. The van der Waals surface area contributed by atoms with Gasteiger partial charge < -0.3 is 29.1 Å². The Kier molecular flexibility index (Phi) is 8.97. The predicted octanol–water partition coefficient (Wildman–Crippen LogP) is 6.39. The lowest BCUT2D eigenvalue weighted by Gasteiger charge is -2.19. The summed E-state index contributed by atoms with van der Waals surface area (Å²) >= 11 is 0. The first-order valence-electron chi connectivity index (χ1n) is 13.1. The number of alkyl carbamates (subject to hydrolysis) is 1. The van der Waals surface area contributed by atoms with Crippen LogP contribution in [0.3, 0.4) is 0 Å². The number of hydrogen-bond acceptors (Lipinski definition) is 7. The van der Waals surface area contributed by atoms with Crippen LogP contribution in [0.1, 0.15) is 50.1 Å². The largest absolute Gasteiger partial charge is 0.489 e. The summed E-state index contributed by atoms with van der Waals surface area (Å²) in [6.45, 7) is 7.20. The highest BCUT2D eigenvalue weighted by atomic mass is 16.6. The number of fused-ring (bicyclic) bond motifs is 1. The number of amides is 1. The van der Waals surface area contributed by atoms with Gasteiger partial charge in [0.15, 0.2) is 0 Å². The van der Waals surface area contributed by atoms with Crippen molar-refractivity contribution < 1.29 is 38.1 Å². The van der Waals surface area contributed by atoms with Crippen LogP contribution in [-0.4, -0.2) is 28.7 Å². The van der Waals surface area contributed by atoms with Crippen molar-refractivity contribution in [2.45, 2.75) is 59.5 Å². The highest BCUT2D eigenvalue weighted by Crippen LogP contribution is 2.34. The van der Waals surface area contributed by atoms with E-state index in [4.69, 9.17) is 18.6 Å². The number of hydrogen-bond donors (Lipinski definition) is 2. The first-order chi connectivity index (χ1) is 19.5. The van der Waals surface area contributed by atoms with E-state index in [-0.39, 0.29) is 26.2 Å². The van der Waals surface area contributed by atoms with Gasteiger partial charge in [0.2, 0.25) is 0 Å². The number of carbonyl (C=O) groups excluding carboxylic acids is 2. The minimum atomic E-state index is -0.940. The van der Waals surface area contributed by atoms with Crippen molar-refractivity contribution in [2.24, 2.45) is 0 Å². The number of rotatable bonds is 10. The molecule has 1 heterocycles. The second kappa shape index (κ2) is 12.6. The SMILES string of the molecule is CC(=O)OCc1cc2cc(COc3ccccc3CC(=O)O)cc(-c3cccc(CNC(=O)OC(C)(C)C)c3)c2o1. The van der Waals surface area contributed by atoms with Crippen LogP contribution in [0.25, 0.3) is 22.1 Å². The maximum atomic E-state index is 12.2. The standard InChI is InChI=1S/C32H33NO8/c1-20(34)38-19-26-15-25-13-22(18-39-28-11-6-5-9-24(28)16-29(35)36)14-27(30(25)40-26)23-10-7-8-21(12-23)17-33-31(37)41-32(2,3)4/h5-15H,16-19H2,1-4H3,(H,33,37)(H,35,36). The van der Waals surface area contributed by atoms with Crippen molar-refractivity contribution in [2.75, 3.05) is 0 Å². The summed E-state index contributed by atoms with van der Waals surface area (Å²) in [4.78, 5) is 34.8. The van der Waals surface area contributed by atoms with Crippen LogP contribution in [0.2, 0.25) is 0 Å². The topological polar surface area (TPSA) is 124 Å². The highest BCUT2D eigenvalue weighted by molar-refractivity contribution is 5.93. The predicted molar refractivity (Wildman–Crippen MR) is 152 cm³/mol. The molecule has 0 unspecified atom stereocenters. The Hall–Kier alpha value is -4.79. The number of aliphatic carboxylic acids is 1. The van der Waals surface area contributed by atoms with Gasteiger partial charge in [0.05, 0.1) is 6.42 Å². The van der Waals surface area contributed by atoms with Gasteiger partial charge in [-0.05, 0) is 67.8 Å². The van der Waals surface area contributed by atoms with E-state index in [2.05, 4.69) is 5.32 Å². The van der Waals surface area contributed by atoms with E-state index in [1.165, 1.54) is 6.92 Å². The molecule has 0 spiro atoms. The summed E-state index contributed by atoms with van der Waals surface area (Å²) in [5.74, 6) is -0.368. The van der Waals surface area contributed by atoms with Crippen LogP contribution in [0, 0.1) is 0 Å². The highest BCUT2D eigenvalue weighted by Gasteiger charge is 2.17. The normalized spacial score (nSPS) is 11.2. The minimum Gasteiger partial charge on any atom is -0.489 e. The molecule has 0 fully saturated rings. The third kappa shape index (κ3) is 8.35.